The summed E-state index contributed by atoms with van der Waals surface area (Å²) in [4.78, 5) is 0. The molecule has 0 N–H and O–H groups in total. The highest BCUT2D eigenvalue weighted by Gasteiger charge is 2.23. The second-order valence-electron chi connectivity index (χ2n) is 7.46. The molecule has 0 radical (unpaired) electrons. The van der Waals surface area contributed by atoms with E-state index in [9.17, 15) is 0 Å². The van der Waals surface area contributed by atoms with E-state index in [2.05, 4.69) is 83.5 Å². The topological polar surface area (TPSA) is 0 Å². The minimum absolute atomic E-state index is 0.533. The van der Waals surface area contributed by atoms with Crippen LogP contribution in [0.1, 0.15) is 35.1 Å². The highest BCUT2D eigenvalue weighted by molar-refractivity contribution is 5.67. The van der Waals surface area contributed by atoms with Crippen LogP contribution in [0.3, 0.4) is 0 Å². The molecule has 2 aromatic carbocycles. The highest BCUT2D eigenvalue weighted by Crippen LogP contribution is 2.38. The lowest BCUT2D eigenvalue weighted by atomic mass is 9.89. The Balaban J connectivity index is 1.84. The Morgan fingerprint density at radius 2 is 1.59 bits per heavy atom. The van der Waals surface area contributed by atoms with Crippen molar-refractivity contribution in [2.75, 3.05) is 21.1 Å². The van der Waals surface area contributed by atoms with Gasteiger partial charge in [0, 0.05) is 5.92 Å². The number of hydrogen-bond acceptors (Lipinski definition) is 0. The number of allylic oxidation sites excluding steroid dienone is 1. The molecule has 0 bridgehead atoms. The number of nitrogens with zero attached hydrogens (tertiary/aromatic N) is 1. The molecule has 0 saturated heterocycles. The van der Waals surface area contributed by atoms with Crippen LogP contribution < -0.4 is 4.48 Å². The fourth-order valence-corrected chi connectivity index (χ4v) is 3.31. The quantitative estimate of drug-likeness (QED) is 0.703. The molecule has 0 spiro atoms. The minimum Gasteiger partial charge on any atom is -0.298 e. The van der Waals surface area contributed by atoms with Gasteiger partial charge in [-0.05, 0) is 49.1 Å². The van der Waals surface area contributed by atoms with E-state index >= 15 is 0 Å². The molecule has 22 heavy (non-hydrogen) atoms. The van der Waals surface area contributed by atoms with Crippen molar-refractivity contribution in [3.63, 3.8) is 0 Å². The molecule has 3 rings (SSSR count). The lowest BCUT2D eigenvalue weighted by molar-refractivity contribution is 0.486. The van der Waals surface area contributed by atoms with Gasteiger partial charge in [0.15, 0.2) is 0 Å². The number of aryl methyl sites for hydroxylation is 1. The van der Waals surface area contributed by atoms with Gasteiger partial charge in [-0.3, -0.25) is 4.48 Å². The van der Waals surface area contributed by atoms with Crippen LogP contribution in [0, 0.1) is 6.92 Å². The molecule has 1 aliphatic rings. The summed E-state index contributed by atoms with van der Waals surface area (Å²) < 4.78 is 0.866. The number of hydrogen-bond donors (Lipinski definition) is 0. The first-order valence-corrected chi connectivity index (χ1v) is 8.04. The summed E-state index contributed by atoms with van der Waals surface area (Å²) in [7, 11) is 6.62. The summed E-state index contributed by atoms with van der Waals surface area (Å²) in [5.74, 6) is 0.533. The molecule has 1 heteroatoms. The molecule has 0 saturated carbocycles. The van der Waals surface area contributed by atoms with E-state index in [0.29, 0.717) is 5.92 Å². The molecular formula is C21H26N+. The largest absolute Gasteiger partial charge is 0.298 e. The van der Waals surface area contributed by atoms with Crippen molar-refractivity contribution in [2.24, 2.45) is 0 Å². The maximum absolute atomic E-state index is 2.35. The zero-order valence-corrected chi connectivity index (χ0v) is 14.4. The van der Waals surface area contributed by atoms with Crippen molar-refractivity contribution in [3.05, 3.63) is 70.3 Å². The van der Waals surface area contributed by atoms with Crippen LogP contribution in [0.2, 0.25) is 0 Å². The van der Waals surface area contributed by atoms with Crippen molar-refractivity contribution < 1.29 is 0 Å². The third kappa shape index (κ3) is 2.86. The normalized spacial score (nSPS) is 17.3. The van der Waals surface area contributed by atoms with Crippen molar-refractivity contribution in [2.45, 2.75) is 26.2 Å². The standard InChI is InChI=1S/C21H26N/c1-15-6-11-20-18(12-15)13-16(2)21(20)14-17-7-9-19(10-8-17)22(3,4)5/h6-13,21H,14H2,1-5H3/q+1. The molecule has 0 aromatic heterocycles. The molecular weight excluding hydrogens is 266 g/mol. The van der Waals surface area contributed by atoms with Crippen LogP contribution in [-0.2, 0) is 6.42 Å². The van der Waals surface area contributed by atoms with E-state index in [1.54, 1.807) is 0 Å². The van der Waals surface area contributed by atoms with Gasteiger partial charge in [-0.2, -0.15) is 0 Å². The van der Waals surface area contributed by atoms with Crippen molar-refractivity contribution >= 4 is 11.8 Å². The first-order chi connectivity index (χ1) is 10.3. The Morgan fingerprint density at radius 1 is 0.909 bits per heavy atom. The predicted octanol–water partition coefficient (Wildman–Crippen LogP) is 4.93. The zero-order chi connectivity index (χ0) is 15.9. The second kappa shape index (κ2) is 5.40. The monoisotopic (exact) mass is 292 g/mol. The Morgan fingerprint density at radius 3 is 2.23 bits per heavy atom. The molecule has 2 aromatic rings. The van der Waals surface area contributed by atoms with Crippen LogP contribution in [0.15, 0.2) is 48.0 Å². The Labute approximate surface area is 134 Å². The third-order valence-corrected chi connectivity index (χ3v) is 4.70. The number of fused-ring (bicyclic) bond motifs is 1. The Hall–Kier alpha value is -1.86. The van der Waals surface area contributed by atoms with Crippen molar-refractivity contribution in [3.8, 4) is 0 Å². The van der Waals surface area contributed by atoms with Gasteiger partial charge in [0.25, 0.3) is 0 Å². The van der Waals surface area contributed by atoms with E-state index in [0.717, 1.165) is 10.9 Å². The fraction of sp³-hybridized carbons (Fsp3) is 0.333. The second-order valence-corrected chi connectivity index (χ2v) is 7.46. The fourth-order valence-electron chi connectivity index (χ4n) is 3.31. The van der Waals surface area contributed by atoms with Gasteiger partial charge in [-0.15, -0.1) is 0 Å². The van der Waals surface area contributed by atoms with Gasteiger partial charge in [0.05, 0.1) is 21.1 Å². The van der Waals surface area contributed by atoms with E-state index in [1.807, 2.05) is 0 Å². The zero-order valence-electron chi connectivity index (χ0n) is 14.4. The number of rotatable bonds is 3. The van der Waals surface area contributed by atoms with Crippen LogP contribution in [0.4, 0.5) is 5.69 Å². The molecule has 0 fully saturated rings. The summed E-state index contributed by atoms with van der Waals surface area (Å²) in [5, 5.41) is 0. The summed E-state index contributed by atoms with van der Waals surface area (Å²) >= 11 is 0. The summed E-state index contributed by atoms with van der Waals surface area (Å²) in [5.41, 5.74) is 8.48. The summed E-state index contributed by atoms with van der Waals surface area (Å²) in [6.45, 7) is 4.43. The lowest BCUT2D eigenvalue weighted by Crippen LogP contribution is -2.34. The molecule has 0 heterocycles. The van der Waals surface area contributed by atoms with Crippen molar-refractivity contribution in [1.82, 2.24) is 4.48 Å². The smallest absolute Gasteiger partial charge is 0.132 e. The predicted molar refractivity (Wildman–Crippen MR) is 97.3 cm³/mol. The lowest BCUT2D eigenvalue weighted by Gasteiger charge is -2.23. The van der Waals surface area contributed by atoms with E-state index in [1.165, 1.54) is 33.5 Å². The van der Waals surface area contributed by atoms with Gasteiger partial charge in [0.2, 0.25) is 0 Å². The first-order valence-electron chi connectivity index (χ1n) is 8.04. The molecule has 1 unspecified atom stereocenters. The van der Waals surface area contributed by atoms with Gasteiger partial charge in [0.1, 0.15) is 5.69 Å². The Kier molecular flexibility index (Phi) is 3.70. The molecule has 0 amide bonds. The van der Waals surface area contributed by atoms with Crippen LogP contribution >= 0.6 is 0 Å². The van der Waals surface area contributed by atoms with E-state index < -0.39 is 0 Å². The van der Waals surface area contributed by atoms with Gasteiger partial charge in [-0.25, -0.2) is 0 Å². The molecule has 114 valence electrons. The summed E-state index contributed by atoms with van der Waals surface area (Å²) in [6, 6.07) is 16.0. The first kappa shape index (κ1) is 15.1. The van der Waals surface area contributed by atoms with Gasteiger partial charge < -0.3 is 0 Å². The van der Waals surface area contributed by atoms with Crippen LogP contribution in [0.5, 0.6) is 0 Å². The molecule has 0 aliphatic heterocycles. The number of benzene rings is 2. The molecule has 1 atom stereocenters. The van der Waals surface area contributed by atoms with Crippen molar-refractivity contribution in [1.29, 1.82) is 0 Å². The average Bonchev–Trinajstić information content (AvgIpc) is 2.74. The van der Waals surface area contributed by atoms with Gasteiger partial charge >= 0.3 is 0 Å². The third-order valence-electron chi connectivity index (χ3n) is 4.70. The molecule has 1 nitrogen and oxygen atoms in total. The van der Waals surface area contributed by atoms with Gasteiger partial charge in [-0.1, -0.05) is 47.5 Å². The van der Waals surface area contributed by atoms with Crippen LogP contribution in [0.25, 0.3) is 6.08 Å². The van der Waals surface area contributed by atoms with Crippen LogP contribution in [-0.4, -0.2) is 21.1 Å². The SMILES string of the molecule is CC1=Cc2cc(C)ccc2C1Cc1ccc([N+](C)(C)C)cc1. The maximum Gasteiger partial charge on any atom is 0.132 e. The minimum atomic E-state index is 0.533. The van der Waals surface area contributed by atoms with E-state index in [4.69, 9.17) is 0 Å². The highest BCUT2D eigenvalue weighted by atomic mass is 15.3. The van der Waals surface area contributed by atoms with E-state index in [-0.39, 0.29) is 0 Å². The Bertz CT molecular complexity index is 715. The molecule has 1 aliphatic carbocycles. The maximum atomic E-state index is 2.35. The number of quaternary nitrogens is 1. The average molecular weight is 292 g/mol. The summed E-state index contributed by atoms with van der Waals surface area (Å²) in [6.07, 6.45) is 3.45.